The van der Waals surface area contributed by atoms with E-state index in [2.05, 4.69) is 68.7 Å². The van der Waals surface area contributed by atoms with Gasteiger partial charge in [-0.15, -0.1) is 18.5 Å². The molecule has 0 radical (unpaired) electrons. The number of hydrogen-bond donors (Lipinski definition) is 0. The first-order chi connectivity index (χ1) is 9.63. The number of rotatable bonds is 5. The van der Waals surface area contributed by atoms with Crippen molar-refractivity contribution in [2.24, 2.45) is 0 Å². The Hall–Kier alpha value is -0.700. The summed E-state index contributed by atoms with van der Waals surface area (Å²) in [7, 11) is 5.74. The van der Waals surface area contributed by atoms with Crippen LogP contribution in [0, 0.1) is 0 Å². The van der Waals surface area contributed by atoms with Gasteiger partial charge in [0, 0.05) is 0 Å². The molecule has 0 fully saturated rings. The van der Waals surface area contributed by atoms with Gasteiger partial charge in [-0.1, -0.05) is 50.2 Å². The van der Waals surface area contributed by atoms with Gasteiger partial charge in [-0.25, -0.2) is 0 Å². The lowest BCUT2D eigenvalue weighted by atomic mass is 10.0. The van der Waals surface area contributed by atoms with Crippen molar-refractivity contribution < 1.29 is 0 Å². The van der Waals surface area contributed by atoms with Crippen LogP contribution in [0.25, 0.3) is 0 Å². The van der Waals surface area contributed by atoms with Crippen LogP contribution < -0.4 is 10.6 Å². The van der Waals surface area contributed by atoms with Crippen molar-refractivity contribution in [3.8, 4) is 0 Å². The molecule has 0 spiro atoms. The molecule has 0 saturated heterocycles. The number of benzene rings is 2. The SMILES string of the molecule is CCc1ccc(CCc2ccc(CC)c(P)c2)c(P)c1. The normalized spacial score (nSPS) is 10.8. The first kappa shape index (κ1) is 15.7. The van der Waals surface area contributed by atoms with E-state index in [1.807, 2.05) is 0 Å². The molecule has 2 rings (SSSR count). The largest absolute Gasteiger partial charge is 0.105 e. The lowest BCUT2D eigenvalue weighted by Gasteiger charge is -2.09. The molecule has 106 valence electrons. The molecule has 0 N–H and O–H groups in total. The topological polar surface area (TPSA) is 0 Å². The van der Waals surface area contributed by atoms with Crippen molar-refractivity contribution in [1.82, 2.24) is 0 Å². The second-order valence-electron chi connectivity index (χ2n) is 5.27. The Morgan fingerprint density at radius 1 is 0.700 bits per heavy atom. The molecular weight excluding hydrogens is 278 g/mol. The lowest BCUT2D eigenvalue weighted by Crippen LogP contribution is -2.07. The van der Waals surface area contributed by atoms with Crippen LogP contribution in [0.4, 0.5) is 0 Å². The Kier molecular flexibility index (Phi) is 5.76. The second-order valence-corrected chi connectivity index (χ2v) is 6.52. The van der Waals surface area contributed by atoms with Gasteiger partial charge in [-0.2, -0.15) is 0 Å². The van der Waals surface area contributed by atoms with E-state index in [-0.39, 0.29) is 0 Å². The minimum atomic E-state index is 1.10. The van der Waals surface area contributed by atoms with Gasteiger partial charge in [-0.05, 0) is 58.5 Å². The second kappa shape index (κ2) is 7.35. The fourth-order valence-electron chi connectivity index (χ4n) is 2.49. The Bertz CT molecular complexity index is 588. The van der Waals surface area contributed by atoms with Crippen LogP contribution in [0.2, 0.25) is 0 Å². The highest BCUT2D eigenvalue weighted by Gasteiger charge is 2.03. The fourth-order valence-corrected chi connectivity index (χ4v) is 3.46. The molecule has 0 heterocycles. The van der Waals surface area contributed by atoms with Crippen molar-refractivity contribution >= 4 is 29.1 Å². The average molecular weight is 302 g/mol. The van der Waals surface area contributed by atoms with Crippen LogP contribution in [-0.2, 0) is 25.7 Å². The Morgan fingerprint density at radius 2 is 1.30 bits per heavy atom. The third kappa shape index (κ3) is 3.91. The predicted molar refractivity (Wildman–Crippen MR) is 97.7 cm³/mol. The first-order valence-electron chi connectivity index (χ1n) is 7.38. The summed E-state index contributed by atoms with van der Waals surface area (Å²) in [6, 6.07) is 13.7. The minimum absolute atomic E-state index is 1.10. The van der Waals surface area contributed by atoms with Crippen LogP contribution in [-0.4, -0.2) is 0 Å². The number of aryl methyl sites for hydroxylation is 4. The standard InChI is InChI=1S/C18H24P2/c1-3-13-5-9-16(18(20)11-13)10-7-14-6-8-15(4-2)17(19)12-14/h5-6,8-9,11-12H,3-4,7,10,19-20H2,1-2H3. The molecule has 2 heteroatoms. The zero-order valence-corrected chi connectivity index (χ0v) is 14.8. The minimum Gasteiger partial charge on any atom is -0.105 e. The molecule has 2 atom stereocenters. The zero-order valence-electron chi connectivity index (χ0n) is 12.4. The average Bonchev–Trinajstić information content (AvgIpc) is 2.46. The molecule has 0 bridgehead atoms. The summed E-state index contributed by atoms with van der Waals surface area (Å²) in [5.41, 5.74) is 5.71. The Balaban J connectivity index is 2.07. The van der Waals surface area contributed by atoms with Crippen molar-refractivity contribution in [2.45, 2.75) is 39.5 Å². The van der Waals surface area contributed by atoms with Gasteiger partial charge < -0.3 is 0 Å². The van der Waals surface area contributed by atoms with Gasteiger partial charge in [0.15, 0.2) is 0 Å². The van der Waals surface area contributed by atoms with E-state index in [0.717, 1.165) is 25.7 Å². The first-order valence-corrected chi connectivity index (χ1v) is 8.54. The highest BCUT2D eigenvalue weighted by Crippen LogP contribution is 2.12. The van der Waals surface area contributed by atoms with E-state index in [1.165, 1.54) is 32.9 Å². The van der Waals surface area contributed by atoms with Crippen LogP contribution >= 0.6 is 18.5 Å². The van der Waals surface area contributed by atoms with Gasteiger partial charge in [0.25, 0.3) is 0 Å². The zero-order chi connectivity index (χ0) is 14.5. The van der Waals surface area contributed by atoms with Gasteiger partial charge in [0.2, 0.25) is 0 Å². The van der Waals surface area contributed by atoms with Crippen molar-refractivity contribution in [3.05, 3.63) is 58.7 Å². The van der Waals surface area contributed by atoms with Gasteiger partial charge >= 0.3 is 0 Å². The van der Waals surface area contributed by atoms with E-state index in [0.29, 0.717) is 0 Å². The molecule has 0 saturated carbocycles. The summed E-state index contributed by atoms with van der Waals surface area (Å²) >= 11 is 0. The van der Waals surface area contributed by atoms with E-state index in [9.17, 15) is 0 Å². The molecule has 0 aliphatic carbocycles. The summed E-state index contributed by atoms with van der Waals surface area (Å²) in [5.74, 6) is 0. The summed E-state index contributed by atoms with van der Waals surface area (Å²) in [6.07, 6.45) is 4.43. The third-order valence-corrected chi connectivity index (χ3v) is 4.97. The monoisotopic (exact) mass is 302 g/mol. The molecule has 0 nitrogen and oxygen atoms in total. The number of hydrogen-bond acceptors (Lipinski definition) is 0. The van der Waals surface area contributed by atoms with E-state index in [4.69, 9.17) is 0 Å². The van der Waals surface area contributed by atoms with E-state index < -0.39 is 0 Å². The van der Waals surface area contributed by atoms with Gasteiger partial charge in [0.05, 0.1) is 0 Å². The molecule has 0 aliphatic rings. The maximum absolute atomic E-state index is 2.88. The predicted octanol–water partition coefficient (Wildman–Crippen LogP) is 3.60. The smallest absolute Gasteiger partial charge is 0.0232 e. The summed E-state index contributed by atoms with van der Waals surface area (Å²) in [5, 5.41) is 2.69. The molecular formula is C18H24P2. The Labute approximate surface area is 127 Å². The van der Waals surface area contributed by atoms with E-state index >= 15 is 0 Å². The van der Waals surface area contributed by atoms with Crippen LogP contribution in [0.3, 0.4) is 0 Å². The van der Waals surface area contributed by atoms with Crippen LogP contribution in [0.1, 0.15) is 36.1 Å². The molecule has 2 unspecified atom stereocenters. The lowest BCUT2D eigenvalue weighted by molar-refractivity contribution is 0.963. The third-order valence-electron chi connectivity index (χ3n) is 3.89. The molecule has 0 amide bonds. The van der Waals surface area contributed by atoms with Gasteiger partial charge in [-0.3, -0.25) is 0 Å². The molecule has 2 aromatic rings. The van der Waals surface area contributed by atoms with Gasteiger partial charge in [0.1, 0.15) is 0 Å². The molecule has 0 aromatic heterocycles. The maximum Gasteiger partial charge on any atom is -0.0232 e. The summed E-state index contributed by atoms with van der Waals surface area (Å²) < 4.78 is 0. The summed E-state index contributed by atoms with van der Waals surface area (Å²) in [6.45, 7) is 4.41. The van der Waals surface area contributed by atoms with Crippen LogP contribution in [0.5, 0.6) is 0 Å². The van der Waals surface area contributed by atoms with E-state index in [1.54, 1.807) is 0 Å². The highest BCUT2D eigenvalue weighted by atomic mass is 31.0. The van der Waals surface area contributed by atoms with Crippen molar-refractivity contribution in [2.75, 3.05) is 0 Å². The summed E-state index contributed by atoms with van der Waals surface area (Å²) in [4.78, 5) is 0. The molecule has 0 aliphatic heterocycles. The van der Waals surface area contributed by atoms with Crippen molar-refractivity contribution in [1.29, 1.82) is 0 Å². The Morgan fingerprint density at radius 3 is 1.90 bits per heavy atom. The fraction of sp³-hybridized carbons (Fsp3) is 0.333. The van der Waals surface area contributed by atoms with Crippen LogP contribution in [0.15, 0.2) is 36.4 Å². The quantitative estimate of drug-likeness (QED) is 0.740. The molecule has 20 heavy (non-hydrogen) atoms. The van der Waals surface area contributed by atoms with Crippen molar-refractivity contribution in [3.63, 3.8) is 0 Å². The molecule has 2 aromatic carbocycles. The maximum atomic E-state index is 2.88. The highest BCUT2D eigenvalue weighted by molar-refractivity contribution is 7.27.